The van der Waals surface area contributed by atoms with Crippen molar-refractivity contribution >= 4 is 34.6 Å². The van der Waals surface area contributed by atoms with Crippen LogP contribution in [0.2, 0.25) is 0 Å². The monoisotopic (exact) mass is 415 g/mol. The van der Waals surface area contributed by atoms with Crippen molar-refractivity contribution in [3.63, 3.8) is 0 Å². The van der Waals surface area contributed by atoms with E-state index < -0.39 is 11.6 Å². The van der Waals surface area contributed by atoms with Crippen molar-refractivity contribution in [2.75, 3.05) is 10.2 Å². The molecule has 1 fully saturated rings. The molecular weight excluding hydrogens is 394 g/mol. The van der Waals surface area contributed by atoms with Gasteiger partial charge in [-0.25, -0.2) is 0 Å². The van der Waals surface area contributed by atoms with Gasteiger partial charge in [-0.3, -0.25) is 9.69 Å². The predicted octanol–water partition coefficient (Wildman–Crippen LogP) is 4.49. The van der Waals surface area contributed by atoms with Crippen molar-refractivity contribution < 1.29 is 9.53 Å². The first-order valence-corrected chi connectivity index (χ1v) is 10.3. The van der Waals surface area contributed by atoms with Gasteiger partial charge in [-0.05, 0) is 49.5 Å². The molecular formula is C24H21N3O2S. The van der Waals surface area contributed by atoms with Gasteiger partial charge in [0.25, 0.3) is 0 Å². The summed E-state index contributed by atoms with van der Waals surface area (Å²) >= 11 is 5.74. The Labute approximate surface area is 180 Å². The summed E-state index contributed by atoms with van der Waals surface area (Å²) in [6.07, 6.45) is 0. The third-order valence-corrected chi connectivity index (χ3v) is 6.05. The number of amides is 1. The van der Waals surface area contributed by atoms with Crippen LogP contribution >= 0.6 is 12.2 Å². The molecule has 2 bridgehead atoms. The Hall–Kier alpha value is -3.38. The van der Waals surface area contributed by atoms with Gasteiger partial charge in [0, 0.05) is 16.9 Å². The van der Waals surface area contributed by atoms with Gasteiger partial charge in [-0.2, -0.15) is 0 Å². The lowest BCUT2D eigenvalue weighted by Crippen LogP contribution is -2.72. The maximum Gasteiger partial charge on any atom is 0.236 e. The fourth-order valence-corrected chi connectivity index (χ4v) is 4.85. The highest BCUT2D eigenvalue weighted by Crippen LogP contribution is 2.49. The second-order valence-electron chi connectivity index (χ2n) is 7.63. The quantitative estimate of drug-likeness (QED) is 0.618. The fraction of sp³-hybridized carbons (Fsp3) is 0.167. The molecule has 3 atom stereocenters. The summed E-state index contributed by atoms with van der Waals surface area (Å²) in [5.74, 6) is 0.0864. The van der Waals surface area contributed by atoms with Gasteiger partial charge in [-0.1, -0.05) is 54.6 Å². The van der Waals surface area contributed by atoms with Crippen molar-refractivity contribution in [1.29, 1.82) is 0 Å². The number of nitrogens with zero attached hydrogens (tertiary/aromatic N) is 1. The summed E-state index contributed by atoms with van der Waals surface area (Å²) in [7, 11) is 0. The number of carbonyl (C=O) groups excluding carboxylic acids is 1. The van der Waals surface area contributed by atoms with Crippen molar-refractivity contribution in [3.8, 4) is 5.75 Å². The molecule has 1 saturated heterocycles. The van der Waals surface area contributed by atoms with Crippen LogP contribution in [0.4, 0.5) is 11.4 Å². The number of thiocarbonyl (C=S) groups is 1. The van der Waals surface area contributed by atoms with Crippen LogP contribution in [-0.2, 0) is 4.79 Å². The van der Waals surface area contributed by atoms with Crippen LogP contribution < -0.4 is 20.3 Å². The first-order valence-electron chi connectivity index (χ1n) is 9.87. The van der Waals surface area contributed by atoms with Gasteiger partial charge in [-0.15, -0.1) is 0 Å². The summed E-state index contributed by atoms with van der Waals surface area (Å²) in [5.41, 5.74) is 1.55. The van der Waals surface area contributed by atoms with Gasteiger partial charge >= 0.3 is 0 Å². The normalized spacial score (nSPS) is 24.3. The molecule has 2 N–H and O–H groups in total. The van der Waals surface area contributed by atoms with Gasteiger partial charge in [0.15, 0.2) is 10.8 Å². The maximum absolute atomic E-state index is 13.6. The highest BCUT2D eigenvalue weighted by atomic mass is 32.1. The van der Waals surface area contributed by atoms with Gasteiger partial charge in [0.2, 0.25) is 5.91 Å². The second kappa shape index (κ2) is 7.15. The van der Waals surface area contributed by atoms with Crippen LogP contribution in [0.5, 0.6) is 5.75 Å². The lowest BCUT2D eigenvalue weighted by Gasteiger charge is -2.56. The van der Waals surface area contributed by atoms with E-state index in [-0.39, 0.29) is 11.9 Å². The SMILES string of the molecule is C[C@@]12Oc3ccccc3[C@@H](NC(=S)N1c1ccccc1)[C@H]2C(=O)Nc1ccccc1. The largest absolute Gasteiger partial charge is 0.467 e. The smallest absolute Gasteiger partial charge is 0.236 e. The van der Waals surface area contributed by atoms with Crippen LogP contribution in [0.15, 0.2) is 84.9 Å². The molecule has 2 aliphatic rings. The number of anilines is 2. The van der Waals surface area contributed by atoms with Crippen LogP contribution in [0.1, 0.15) is 18.5 Å². The minimum atomic E-state index is -0.998. The summed E-state index contributed by atoms with van der Waals surface area (Å²) in [4.78, 5) is 15.5. The third kappa shape index (κ3) is 2.92. The predicted molar refractivity (Wildman–Crippen MR) is 121 cm³/mol. The molecule has 6 heteroatoms. The molecule has 5 rings (SSSR count). The maximum atomic E-state index is 13.6. The average Bonchev–Trinajstić information content (AvgIpc) is 2.74. The first kappa shape index (κ1) is 18.6. The highest BCUT2D eigenvalue weighted by molar-refractivity contribution is 7.80. The lowest BCUT2D eigenvalue weighted by molar-refractivity contribution is -0.130. The Morgan fingerprint density at radius 3 is 2.37 bits per heavy atom. The Morgan fingerprint density at radius 2 is 1.63 bits per heavy atom. The van der Waals surface area contributed by atoms with Crippen LogP contribution in [-0.4, -0.2) is 16.7 Å². The molecule has 5 nitrogen and oxygen atoms in total. The van der Waals surface area contributed by atoms with Crippen molar-refractivity contribution in [2.24, 2.45) is 5.92 Å². The molecule has 2 aliphatic heterocycles. The number of hydrogen-bond acceptors (Lipinski definition) is 3. The van der Waals surface area contributed by atoms with E-state index in [1.54, 1.807) is 0 Å². The highest BCUT2D eigenvalue weighted by Gasteiger charge is 2.59. The number of nitrogens with one attached hydrogen (secondary N) is 2. The molecule has 0 aliphatic carbocycles. The summed E-state index contributed by atoms with van der Waals surface area (Å²) in [6.45, 7) is 1.94. The second-order valence-corrected chi connectivity index (χ2v) is 8.01. The van der Waals surface area contributed by atoms with Crippen molar-refractivity contribution in [3.05, 3.63) is 90.5 Å². The molecule has 0 aromatic heterocycles. The van der Waals surface area contributed by atoms with Gasteiger partial charge in [0.05, 0.1) is 6.04 Å². The number of hydrogen-bond donors (Lipinski definition) is 2. The van der Waals surface area contributed by atoms with Gasteiger partial charge < -0.3 is 15.4 Å². The zero-order chi connectivity index (χ0) is 20.7. The van der Waals surface area contributed by atoms with E-state index in [9.17, 15) is 4.79 Å². The van der Waals surface area contributed by atoms with E-state index in [0.717, 1.165) is 22.7 Å². The average molecular weight is 416 g/mol. The van der Waals surface area contributed by atoms with E-state index in [1.165, 1.54) is 0 Å². The van der Waals surface area contributed by atoms with E-state index in [4.69, 9.17) is 17.0 Å². The number of fused-ring (bicyclic) bond motifs is 4. The molecule has 3 aromatic carbocycles. The Balaban J connectivity index is 1.63. The number of rotatable bonds is 3. The zero-order valence-corrected chi connectivity index (χ0v) is 17.2. The first-order chi connectivity index (χ1) is 14.6. The van der Waals surface area contributed by atoms with Crippen LogP contribution in [0.25, 0.3) is 0 Å². The number of benzene rings is 3. The zero-order valence-electron chi connectivity index (χ0n) is 16.4. The molecule has 0 radical (unpaired) electrons. The van der Waals surface area contributed by atoms with E-state index >= 15 is 0 Å². The number of carbonyl (C=O) groups is 1. The Bertz CT molecular complexity index is 1110. The van der Waals surface area contributed by atoms with E-state index in [0.29, 0.717) is 5.11 Å². The molecule has 30 heavy (non-hydrogen) atoms. The van der Waals surface area contributed by atoms with E-state index in [1.807, 2.05) is 96.8 Å². The molecule has 0 spiro atoms. The van der Waals surface area contributed by atoms with Gasteiger partial charge in [0.1, 0.15) is 11.7 Å². The van der Waals surface area contributed by atoms with Crippen LogP contribution in [0, 0.1) is 5.92 Å². The summed E-state index contributed by atoms with van der Waals surface area (Å²) in [6, 6.07) is 26.8. The minimum Gasteiger partial charge on any atom is -0.467 e. The summed E-state index contributed by atoms with van der Waals surface area (Å²) in [5, 5.41) is 7.00. The molecule has 3 aromatic rings. The number of para-hydroxylation sites is 3. The third-order valence-electron chi connectivity index (χ3n) is 5.75. The topological polar surface area (TPSA) is 53.6 Å². The molecule has 1 amide bonds. The van der Waals surface area contributed by atoms with E-state index in [2.05, 4.69) is 10.6 Å². The Morgan fingerprint density at radius 1 is 1.00 bits per heavy atom. The lowest BCUT2D eigenvalue weighted by atomic mass is 9.78. The minimum absolute atomic E-state index is 0.126. The molecule has 0 saturated carbocycles. The number of ether oxygens (including phenoxy) is 1. The molecule has 150 valence electrons. The van der Waals surface area contributed by atoms with Crippen LogP contribution in [0.3, 0.4) is 0 Å². The molecule has 0 unspecified atom stereocenters. The van der Waals surface area contributed by atoms with Crippen molar-refractivity contribution in [1.82, 2.24) is 5.32 Å². The Kier molecular flexibility index (Phi) is 4.44. The fourth-order valence-electron chi connectivity index (χ4n) is 4.44. The molecule has 2 heterocycles. The summed E-state index contributed by atoms with van der Waals surface area (Å²) < 4.78 is 6.54. The standard InChI is InChI=1S/C24H21N3O2S/c1-24-20(22(28)25-16-10-4-2-5-11-16)21(18-14-8-9-15-19(18)29-24)26-23(30)27(24)17-12-6-3-7-13-17/h2-15,20-21H,1H3,(H,25,28)(H,26,30)/t20-,21+,24-/m0/s1. The van der Waals surface area contributed by atoms with Crippen molar-refractivity contribution in [2.45, 2.75) is 18.7 Å².